The zero-order valence-corrected chi connectivity index (χ0v) is 12.0. The first-order valence-electron chi connectivity index (χ1n) is 6.25. The first-order valence-corrected chi connectivity index (χ1v) is 6.65. The lowest BCUT2D eigenvalue weighted by molar-refractivity contribution is 0.473. The highest BCUT2D eigenvalue weighted by molar-refractivity contribution is 7.80. The van der Waals surface area contributed by atoms with Gasteiger partial charge < -0.3 is 10.2 Å². The molecule has 0 aliphatic rings. The van der Waals surface area contributed by atoms with Gasteiger partial charge in [-0.1, -0.05) is 32.0 Å². The predicted octanol–water partition coefficient (Wildman–Crippen LogP) is 3.85. The molecule has 2 nitrogen and oxygen atoms in total. The van der Waals surface area contributed by atoms with E-state index in [9.17, 15) is 0 Å². The van der Waals surface area contributed by atoms with Crippen LogP contribution >= 0.6 is 12.2 Å². The summed E-state index contributed by atoms with van der Waals surface area (Å²) in [4.78, 5) is 2.15. The monoisotopic (exact) mass is 250 g/mol. The fraction of sp³-hybridized carbons (Fsp3) is 0.500. The maximum Gasteiger partial charge on any atom is 0.173 e. The van der Waals surface area contributed by atoms with Crippen molar-refractivity contribution in [1.29, 1.82) is 0 Å². The van der Waals surface area contributed by atoms with Crippen LogP contribution in [0.15, 0.2) is 24.3 Å². The number of hydrogen-bond donors (Lipinski definition) is 1. The zero-order chi connectivity index (χ0) is 12.8. The Morgan fingerprint density at radius 1 is 1.24 bits per heavy atom. The molecular formula is C14H22N2S. The molecule has 0 aliphatic carbocycles. The van der Waals surface area contributed by atoms with E-state index in [2.05, 4.69) is 56.1 Å². The van der Waals surface area contributed by atoms with E-state index in [0.29, 0.717) is 5.92 Å². The molecule has 0 atom stereocenters. The number of hydrogen-bond acceptors (Lipinski definition) is 1. The molecule has 1 aromatic rings. The summed E-state index contributed by atoms with van der Waals surface area (Å²) in [6.45, 7) is 10.5. The zero-order valence-electron chi connectivity index (χ0n) is 11.2. The second-order valence-corrected chi connectivity index (χ2v) is 4.73. The summed E-state index contributed by atoms with van der Waals surface area (Å²) in [5.74, 6) is 0.498. The van der Waals surface area contributed by atoms with E-state index in [4.69, 9.17) is 12.2 Å². The second kappa shape index (κ2) is 6.60. The van der Waals surface area contributed by atoms with Crippen molar-refractivity contribution >= 4 is 23.0 Å². The van der Waals surface area contributed by atoms with Crippen LogP contribution in [0.25, 0.3) is 0 Å². The third-order valence-electron chi connectivity index (χ3n) is 2.88. The lowest BCUT2D eigenvalue weighted by Crippen LogP contribution is -2.34. The molecular weight excluding hydrogens is 228 g/mol. The van der Waals surface area contributed by atoms with E-state index in [0.717, 1.165) is 23.9 Å². The number of para-hydroxylation sites is 1. The topological polar surface area (TPSA) is 15.3 Å². The summed E-state index contributed by atoms with van der Waals surface area (Å²) in [6, 6.07) is 8.35. The van der Waals surface area contributed by atoms with Crippen LogP contribution in [-0.2, 0) is 0 Å². The van der Waals surface area contributed by atoms with Crippen LogP contribution in [-0.4, -0.2) is 23.1 Å². The minimum Gasteiger partial charge on any atom is -0.350 e. The van der Waals surface area contributed by atoms with Gasteiger partial charge in [-0.25, -0.2) is 0 Å². The van der Waals surface area contributed by atoms with Gasteiger partial charge in [0, 0.05) is 18.8 Å². The summed E-state index contributed by atoms with van der Waals surface area (Å²) < 4.78 is 0. The van der Waals surface area contributed by atoms with Crippen molar-refractivity contribution in [2.75, 3.05) is 18.4 Å². The van der Waals surface area contributed by atoms with Crippen molar-refractivity contribution in [3.63, 3.8) is 0 Å². The molecule has 0 saturated heterocycles. The molecule has 1 N–H and O–H groups in total. The Labute approximate surface area is 110 Å². The van der Waals surface area contributed by atoms with Gasteiger partial charge in [0.05, 0.1) is 0 Å². The lowest BCUT2D eigenvalue weighted by atomic mass is 10.0. The SMILES string of the molecule is CCN(CC)C(=S)Nc1ccccc1C(C)C. The van der Waals surface area contributed by atoms with Gasteiger partial charge in [-0.2, -0.15) is 0 Å². The average Bonchev–Trinajstić information content (AvgIpc) is 2.31. The van der Waals surface area contributed by atoms with E-state index in [1.165, 1.54) is 5.56 Å². The van der Waals surface area contributed by atoms with Gasteiger partial charge in [0.25, 0.3) is 0 Å². The van der Waals surface area contributed by atoms with Crippen molar-refractivity contribution in [2.45, 2.75) is 33.6 Å². The Morgan fingerprint density at radius 2 is 1.82 bits per heavy atom. The molecule has 1 aromatic carbocycles. The first kappa shape index (κ1) is 14.0. The number of nitrogens with one attached hydrogen (secondary N) is 1. The molecule has 17 heavy (non-hydrogen) atoms. The van der Waals surface area contributed by atoms with E-state index >= 15 is 0 Å². The van der Waals surface area contributed by atoms with Crippen LogP contribution in [0.1, 0.15) is 39.2 Å². The largest absolute Gasteiger partial charge is 0.350 e. The molecule has 0 bridgehead atoms. The van der Waals surface area contributed by atoms with Crippen molar-refractivity contribution in [3.8, 4) is 0 Å². The van der Waals surface area contributed by atoms with Gasteiger partial charge in [0.15, 0.2) is 5.11 Å². The van der Waals surface area contributed by atoms with E-state index in [1.54, 1.807) is 0 Å². The summed E-state index contributed by atoms with van der Waals surface area (Å²) in [7, 11) is 0. The van der Waals surface area contributed by atoms with Gasteiger partial charge in [-0.15, -0.1) is 0 Å². The Kier molecular flexibility index (Phi) is 5.42. The van der Waals surface area contributed by atoms with Crippen LogP contribution < -0.4 is 5.32 Å². The molecule has 0 radical (unpaired) electrons. The summed E-state index contributed by atoms with van der Waals surface area (Å²) >= 11 is 5.42. The Hall–Kier alpha value is -1.09. The minimum absolute atomic E-state index is 0.498. The fourth-order valence-electron chi connectivity index (χ4n) is 1.82. The second-order valence-electron chi connectivity index (χ2n) is 4.34. The molecule has 0 aliphatic heterocycles. The fourth-order valence-corrected chi connectivity index (χ4v) is 2.19. The number of thiocarbonyl (C=S) groups is 1. The van der Waals surface area contributed by atoms with E-state index < -0.39 is 0 Å². The van der Waals surface area contributed by atoms with Crippen molar-refractivity contribution in [1.82, 2.24) is 4.90 Å². The molecule has 0 unspecified atom stereocenters. The standard InChI is InChI=1S/C14H22N2S/c1-5-16(6-2)14(17)15-13-10-8-7-9-12(13)11(3)4/h7-11H,5-6H2,1-4H3,(H,15,17). The normalized spacial score (nSPS) is 10.4. The van der Waals surface area contributed by atoms with E-state index in [-0.39, 0.29) is 0 Å². The third kappa shape index (κ3) is 3.70. The minimum atomic E-state index is 0.498. The molecule has 3 heteroatoms. The van der Waals surface area contributed by atoms with Gasteiger partial charge in [0.2, 0.25) is 0 Å². The van der Waals surface area contributed by atoms with Crippen LogP contribution in [0, 0.1) is 0 Å². The highest BCUT2D eigenvalue weighted by atomic mass is 32.1. The molecule has 94 valence electrons. The number of nitrogens with zero attached hydrogens (tertiary/aromatic N) is 1. The number of rotatable bonds is 4. The number of benzene rings is 1. The summed E-state index contributed by atoms with van der Waals surface area (Å²) in [5.41, 5.74) is 2.43. The molecule has 0 amide bonds. The molecule has 0 aromatic heterocycles. The van der Waals surface area contributed by atoms with Crippen LogP contribution in [0.3, 0.4) is 0 Å². The predicted molar refractivity (Wildman–Crippen MR) is 79.7 cm³/mol. The summed E-state index contributed by atoms with van der Waals surface area (Å²) in [6.07, 6.45) is 0. The highest BCUT2D eigenvalue weighted by Gasteiger charge is 2.09. The summed E-state index contributed by atoms with van der Waals surface area (Å²) in [5, 5.41) is 4.16. The van der Waals surface area contributed by atoms with Gasteiger partial charge in [0.1, 0.15) is 0 Å². The first-order chi connectivity index (χ1) is 8.10. The quantitative estimate of drug-likeness (QED) is 0.817. The van der Waals surface area contributed by atoms with Gasteiger partial charge >= 0.3 is 0 Å². The molecule has 0 fully saturated rings. The number of anilines is 1. The molecule has 1 rings (SSSR count). The van der Waals surface area contributed by atoms with Gasteiger partial charge in [-0.05, 0) is 43.6 Å². The van der Waals surface area contributed by atoms with Gasteiger partial charge in [-0.3, -0.25) is 0 Å². The molecule has 0 spiro atoms. The Balaban J connectivity index is 2.84. The van der Waals surface area contributed by atoms with Crippen molar-refractivity contribution < 1.29 is 0 Å². The van der Waals surface area contributed by atoms with Crippen molar-refractivity contribution in [3.05, 3.63) is 29.8 Å². The Morgan fingerprint density at radius 3 is 2.35 bits per heavy atom. The molecule has 0 heterocycles. The average molecular weight is 250 g/mol. The van der Waals surface area contributed by atoms with Crippen LogP contribution in [0.4, 0.5) is 5.69 Å². The maximum atomic E-state index is 5.42. The van der Waals surface area contributed by atoms with Crippen molar-refractivity contribution in [2.24, 2.45) is 0 Å². The Bertz CT molecular complexity index is 370. The maximum absolute atomic E-state index is 5.42. The molecule has 0 saturated carbocycles. The lowest BCUT2D eigenvalue weighted by Gasteiger charge is -2.24. The van der Waals surface area contributed by atoms with Crippen LogP contribution in [0.2, 0.25) is 0 Å². The van der Waals surface area contributed by atoms with Crippen LogP contribution in [0.5, 0.6) is 0 Å². The smallest absolute Gasteiger partial charge is 0.173 e. The highest BCUT2D eigenvalue weighted by Crippen LogP contribution is 2.23. The van der Waals surface area contributed by atoms with E-state index in [1.807, 2.05) is 6.07 Å². The third-order valence-corrected chi connectivity index (χ3v) is 3.24.